The van der Waals surface area contributed by atoms with Crippen LogP contribution in [0.4, 0.5) is 4.79 Å². The number of piperazine rings is 1. The molecule has 0 bridgehead atoms. The summed E-state index contributed by atoms with van der Waals surface area (Å²) in [6.45, 7) is 4.14. The maximum Gasteiger partial charge on any atom is 0.321 e. The summed E-state index contributed by atoms with van der Waals surface area (Å²) in [6, 6.07) is 6.79. The molecule has 8 nitrogen and oxygen atoms in total. The van der Waals surface area contributed by atoms with E-state index >= 15 is 0 Å². The third-order valence-electron chi connectivity index (χ3n) is 4.84. The first kappa shape index (κ1) is 20.7. The van der Waals surface area contributed by atoms with E-state index < -0.39 is 12.1 Å². The molecule has 1 saturated heterocycles. The molecule has 1 aliphatic rings. The molecule has 1 heterocycles. The molecule has 0 aliphatic carbocycles. The molecule has 1 unspecified atom stereocenters. The van der Waals surface area contributed by atoms with Crippen molar-refractivity contribution in [2.24, 2.45) is 0 Å². The summed E-state index contributed by atoms with van der Waals surface area (Å²) in [7, 11) is 3.09. The van der Waals surface area contributed by atoms with Crippen molar-refractivity contribution in [3.8, 4) is 5.75 Å². The van der Waals surface area contributed by atoms with Crippen LogP contribution in [0.3, 0.4) is 0 Å². The Labute approximate surface area is 159 Å². The van der Waals surface area contributed by atoms with Crippen molar-refractivity contribution >= 4 is 17.8 Å². The molecule has 2 rings (SSSR count). The second-order valence-electron chi connectivity index (χ2n) is 6.51. The Morgan fingerprint density at radius 3 is 2.30 bits per heavy atom. The van der Waals surface area contributed by atoms with Gasteiger partial charge in [0.1, 0.15) is 5.75 Å². The Morgan fingerprint density at radius 1 is 1.11 bits per heavy atom. The molecule has 1 atom stereocenters. The third kappa shape index (κ3) is 5.96. The van der Waals surface area contributed by atoms with Gasteiger partial charge in [-0.2, -0.15) is 0 Å². The molecule has 148 valence electrons. The SMILES string of the molecule is CNC(=O)NC(=O)C(C)N1CCN(C(=O)CCc2ccc(OC)cc2)CC1. The largest absolute Gasteiger partial charge is 0.497 e. The standard InChI is InChI=1S/C19H28N4O4/c1-14(18(25)21-19(26)20-2)22-10-12-23(13-11-22)17(24)9-6-15-4-7-16(27-3)8-5-15/h4-5,7-8,14H,6,9-13H2,1-3H3,(H2,20,21,25,26). The monoisotopic (exact) mass is 376 g/mol. The number of ether oxygens (including phenoxy) is 1. The Hall–Kier alpha value is -2.61. The number of nitrogens with zero attached hydrogens (tertiary/aromatic N) is 2. The second-order valence-corrected chi connectivity index (χ2v) is 6.51. The summed E-state index contributed by atoms with van der Waals surface area (Å²) >= 11 is 0. The van der Waals surface area contributed by atoms with Gasteiger partial charge in [0.25, 0.3) is 0 Å². The molecular weight excluding hydrogens is 348 g/mol. The molecule has 0 spiro atoms. The number of amides is 4. The zero-order chi connectivity index (χ0) is 19.8. The molecule has 4 amide bonds. The first-order chi connectivity index (χ1) is 12.9. The van der Waals surface area contributed by atoms with Crippen LogP contribution in [0.2, 0.25) is 0 Å². The maximum atomic E-state index is 12.4. The number of aryl methyl sites for hydroxylation is 1. The topological polar surface area (TPSA) is 91.0 Å². The van der Waals surface area contributed by atoms with Gasteiger partial charge in [-0.05, 0) is 31.0 Å². The van der Waals surface area contributed by atoms with E-state index in [1.54, 1.807) is 14.0 Å². The molecule has 0 aromatic heterocycles. The van der Waals surface area contributed by atoms with E-state index in [2.05, 4.69) is 10.6 Å². The first-order valence-electron chi connectivity index (χ1n) is 9.12. The molecule has 1 aromatic carbocycles. The van der Waals surface area contributed by atoms with Crippen LogP contribution in [0.5, 0.6) is 5.75 Å². The lowest BCUT2D eigenvalue weighted by molar-refractivity contribution is -0.134. The van der Waals surface area contributed by atoms with Gasteiger partial charge in [0.15, 0.2) is 0 Å². The van der Waals surface area contributed by atoms with Crippen LogP contribution in [0.25, 0.3) is 0 Å². The molecule has 0 saturated carbocycles. The van der Waals surface area contributed by atoms with Gasteiger partial charge in [0.2, 0.25) is 11.8 Å². The summed E-state index contributed by atoms with van der Waals surface area (Å²) in [5, 5.41) is 4.65. The number of hydrogen-bond donors (Lipinski definition) is 2. The minimum Gasteiger partial charge on any atom is -0.497 e. The summed E-state index contributed by atoms with van der Waals surface area (Å²) < 4.78 is 5.13. The number of methoxy groups -OCH3 is 1. The van der Waals surface area contributed by atoms with Gasteiger partial charge in [0, 0.05) is 39.6 Å². The lowest BCUT2D eigenvalue weighted by Crippen LogP contribution is -2.56. The van der Waals surface area contributed by atoms with Crippen molar-refractivity contribution in [1.82, 2.24) is 20.4 Å². The van der Waals surface area contributed by atoms with Crippen molar-refractivity contribution < 1.29 is 19.1 Å². The maximum absolute atomic E-state index is 12.4. The molecule has 0 radical (unpaired) electrons. The van der Waals surface area contributed by atoms with E-state index in [4.69, 9.17) is 4.74 Å². The van der Waals surface area contributed by atoms with Gasteiger partial charge >= 0.3 is 6.03 Å². The lowest BCUT2D eigenvalue weighted by atomic mass is 10.1. The van der Waals surface area contributed by atoms with Gasteiger partial charge in [0.05, 0.1) is 13.2 Å². The summed E-state index contributed by atoms with van der Waals surface area (Å²) in [5.41, 5.74) is 1.10. The van der Waals surface area contributed by atoms with Gasteiger partial charge in [-0.15, -0.1) is 0 Å². The molecule has 1 aromatic rings. The van der Waals surface area contributed by atoms with Crippen molar-refractivity contribution in [3.05, 3.63) is 29.8 Å². The van der Waals surface area contributed by atoms with Crippen LogP contribution in [0.15, 0.2) is 24.3 Å². The average Bonchev–Trinajstić information content (AvgIpc) is 2.71. The predicted octanol–water partition coefficient (Wildman–Crippen LogP) is 0.616. The molecule has 8 heteroatoms. The molecule has 1 fully saturated rings. The Balaban J connectivity index is 1.76. The zero-order valence-electron chi connectivity index (χ0n) is 16.2. The number of carbonyl (C=O) groups excluding carboxylic acids is 3. The normalized spacial score (nSPS) is 15.7. The molecular formula is C19H28N4O4. The summed E-state index contributed by atoms with van der Waals surface area (Å²) in [4.78, 5) is 39.5. The van der Waals surface area contributed by atoms with Gasteiger partial charge in [-0.3, -0.25) is 19.8 Å². The fourth-order valence-corrected chi connectivity index (χ4v) is 3.00. The van der Waals surface area contributed by atoms with Crippen molar-refractivity contribution in [2.45, 2.75) is 25.8 Å². The highest BCUT2D eigenvalue weighted by atomic mass is 16.5. The lowest BCUT2D eigenvalue weighted by Gasteiger charge is -2.37. The fraction of sp³-hybridized carbons (Fsp3) is 0.526. The van der Waals surface area contributed by atoms with E-state index in [0.717, 1.165) is 11.3 Å². The van der Waals surface area contributed by atoms with Crippen LogP contribution >= 0.6 is 0 Å². The number of carbonyl (C=O) groups is 3. The Morgan fingerprint density at radius 2 is 1.74 bits per heavy atom. The third-order valence-corrected chi connectivity index (χ3v) is 4.84. The van der Waals surface area contributed by atoms with Crippen LogP contribution in [-0.4, -0.2) is 74.0 Å². The van der Waals surface area contributed by atoms with Gasteiger partial charge < -0.3 is 15.0 Å². The zero-order valence-corrected chi connectivity index (χ0v) is 16.2. The number of nitrogens with one attached hydrogen (secondary N) is 2. The van der Waals surface area contributed by atoms with E-state index in [9.17, 15) is 14.4 Å². The summed E-state index contributed by atoms with van der Waals surface area (Å²) in [5.74, 6) is 0.581. The molecule has 2 N–H and O–H groups in total. The van der Waals surface area contributed by atoms with Crippen LogP contribution in [0, 0.1) is 0 Å². The molecule has 27 heavy (non-hydrogen) atoms. The van der Waals surface area contributed by atoms with E-state index in [0.29, 0.717) is 39.0 Å². The molecule has 1 aliphatic heterocycles. The van der Waals surface area contributed by atoms with Crippen LogP contribution in [0.1, 0.15) is 18.9 Å². The Bertz CT molecular complexity index is 654. The number of rotatable bonds is 6. The van der Waals surface area contributed by atoms with Crippen molar-refractivity contribution in [3.63, 3.8) is 0 Å². The summed E-state index contributed by atoms with van der Waals surface area (Å²) in [6.07, 6.45) is 1.15. The predicted molar refractivity (Wildman–Crippen MR) is 102 cm³/mol. The van der Waals surface area contributed by atoms with Gasteiger partial charge in [-0.25, -0.2) is 4.79 Å². The van der Waals surface area contributed by atoms with Crippen LogP contribution < -0.4 is 15.4 Å². The number of urea groups is 1. The number of benzene rings is 1. The highest BCUT2D eigenvalue weighted by Crippen LogP contribution is 2.14. The van der Waals surface area contributed by atoms with Crippen molar-refractivity contribution in [1.29, 1.82) is 0 Å². The van der Waals surface area contributed by atoms with E-state index in [1.807, 2.05) is 34.1 Å². The smallest absolute Gasteiger partial charge is 0.321 e. The second kappa shape index (κ2) is 9.91. The minimum absolute atomic E-state index is 0.118. The fourth-order valence-electron chi connectivity index (χ4n) is 3.00. The van der Waals surface area contributed by atoms with Gasteiger partial charge in [-0.1, -0.05) is 12.1 Å². The number of imide groups is 1. The van der Waals surface area contributed by atoms with Crippen molar-refractivity contribution in [2.75, 3.05) is 40.3 Å². The minimum atomic E-state index is -0.515. The Kier molecular flexibility index (Phi) is 7.60. The number of hydrogen-bond acceptors (Lipinski definition) is 5. The van der Waals surface area contributed by atoms with E-state index in [-0.39, 0.29) is 11.8 Å². The van der Waals surface area contributed by atoms with E-state index in [1.165, 1.54) is 7.05 Å². The van der Waals surface area contributed by atoms with Crippen LogP contribution in [-0.2, 0) is 16.0 Å². The average molecular weight is 376 g/mol. The quantitative estimate of drug-likeness (QED) is 0.759. The first-order valence-corrected chi connectivity index (χ1v) is 9.12. The highest BCUT2D eigenvalue weighted by molar-refractivity contribution is 5.96. The highest BCUT2D eigenvalue weighted by Gasteiger charge is 2.27.